The molecule has 1 amide bonds. The fourth-order valence-electron chi connectivity index (χ4n) is 2.78. The Morgan fingerprint density at radius 2 is 2.11 bits per heavy atom. The van der Waals surface area contributed by atoms with Crippen LogP contribution in [-0.4, -0.2) is 54.0 Å². The van der Waals surface area contributed by atoms with Crippen LogP contribution < -0.4 is 4.74 Å². The lowest BCUT2D eigenvalue weighted by atomic mass is 10.1. The summed E-state index contributed by atoms with van der Waals surface area (Å²) in [6.07, 6.45) is 0.830. The fraction of sp³-hybridized carbons (Fsp3) is 0.316. The van der Waals surface area contributed by atoms with Crippen molar-refractivity contribution < 1.29 is 27.8 Å². The maximum Gasteiger partial charge on any atom is 0.258 e. The standard InChI is InChI=1S/C19H18F2N2O4/c1-12(24)15-5-4-13(9-17(15)20)27-11-14-10-23(7-8-26-14)19(25)16-3-2-6-22-18(16)21/h2-6,9,14H,7-8,10-11H2,1H3. The predicted octanol–water partition coefficient (Wildman–Crippen LogP) is 2.48. The van der Waals surface area contributed by atoms with Crippen LogP contribution in [0, 0.1) is 11.8 Å². The number of benzene rings is 1. The first-order valence-electron chi connectivity index (χ1n) is 8.40. The predicted molar refractivity (Wildman–Crippen MR) is 91.7 cm³/mol. The molecule has 1 unspecified atom stereocenters. The van der Waals surface area contributed by atoms with Gasteiger partial charge in [-0.1, -0.05) is 0 Å². The van der Waals surface area contributed by atoms with Gasteiger partial charge in [0.15, 0.2) is 5.78 Å². The smallest absolute Gasteiger partial charge is 0.258 e. The number of hydrogen-bond donors (Lipinski definition) is 0. The van der Waals surface area contributed by atoms with Gasteiger partial charge in [-0.2, -0.15) is 4.39 Å². The molecule has 0 spiro atoms. The molecule has 1 fully saturated rings. The molecular formula is C19H18F2N2O4. The summed E-state index contributed by atoms with van der Waals surface area (Å²) in [6.45, 7) is 2.18. The van der Waals surface area contributed by atoms with E-state index in [9.17, 15) is 18.4 Å². The van der Waals surface area contributed by atoms with Gasteiger partial charge in [-0.05, 0) is 31.2 Å². The summed E-state index contributed by atoms with van der Waals surface area (Å²) in [4.78, 5) is 28.7. The number of aromatic nitrogens is 1. The van der Waals surface area contributed by atoms with Crippen molar-refractivity contribution in [2.45, 2.75) is 13.0 Å². The lowest BCUT2D eigenvalue weighted by molar-refractivity contribution is -0.0402. The number of nitrogens with zero attached hydrogens (tertiary/aromatic N) is 2. The first-order valence-corrected chi connectivity index (χ1v) is 8.40. The third kappa shape index (κ3) is 4.46. The second kappa shape index (κ2) is 8.22. The molecule has 1 saturated heterocycles. The third-order valence-corrected chi connectivity index (χ3v) is 4.17. The molecular weight excluding hydrogens is 358 g/mol. The van der Waals surface area contributed by atoms with Crippen molar-refractivity contribution in [3.8, 4) is 5.75 Å². The highest BCUT2D eigenvalue weighted by Crippen LogP contribution is 2.19. The Balaban J connectivity index is 1.60. The summed E-state index contributed by atoms with van der Waals surface area (Å²) in [5, 5.41) is 0. The minimum Gasteiger partial charge on any atom is -0.491 e. The number of halogens is 2. The molecule has 0 bridgehead atoms. The second-order valence-electron chi connectivity index (χ2n) is 6.09. The summed E-state index contributed by atoms with van der Waals surface area (Å²) >= 11 is 0. The van der Waals surface area contributed by atoms with Gasteiger partial charge in [0.25, 0.3) is 5.91 Å². The molecule has 1 aliphatic rings. The molecule has 142 valence electrons. The number of ketones is 1. The van der Waals surface area contributed by atoms with Crippen molar-refractivity contribution in [1.82, 2.24) is 9.88 Å². The van der Waals surface area contributed by atoms with Crippen LogP contribution in [0.15, 0.2) is 36.5 Å². The number of morpholine rings is 1. The number of carbonyl (C=O) groups is 2. The number of rotatable bonds is 5. The molecule has 0 radical (unpaired) electrons. The number of ether oxygens (including phenoxy) is 2. The van der Waals surface area contributed by atoms with Gasteiger partial charge < -0.3 is 14.4 Å². The van der Waals surface area contributed by atoms with Gasteiger partial charge in [-0.3, -0.25) is 9.59 Å². The lowest BCUT2D eigenvalue weighted by Crippen LogP contribution is -2.47. The number of Topliss-reactive ketones (excluding diaryl/α,β-unsaturated/α-hetero) is 1. The molecule has 0 saturated carbocycles. The van der Waals surface area contributed by atoms with Gasteiger partial charge in [-0.15, -0.1) is 0 Å². The molecule has 27 heavy (non-hydrogen) atoms. The van der Waals surface area contributed by atoms with Crippen LogP contribution in [0.25, 0.3) is 0 Å². The SMILES string of the molecule is CC(=O)c1ccc(OCC2CN(C(=O)c3cccnc3F)CCO2)cc1F. The first kappa shape index (κ1) is 18.9. The summed E-state index contributed by atoms with van der Waals surface area (Å²) in [5.74, 6) is -2.06. The number of carbonyl (C=O) groups excluding carboxylic acids is 2. The molecule has 6 nitrogen and oxygen atoms in total. The Morgan fingerprint density at radius 3 is 2.81 bits per heavy atom. The highest BCUT2D eigenvalue weighted by molar-refractivity contribution is 5.94. The van der Waals surface area contributed by atoms with Crippen molar-refractivity contribution in [2.75, 3.05) is 26.3 Å². The lowest BCUT2D eigenvalue weighted by Gasteiger charge is -2.32. The molecule has 3 rings (SSSR count). The van der Waals surface area contributed by atoms with Crippen molar-refractivity contribution in [1.29, 1.82) is 0 Å². The van der Waals surface area contributed by atoms with Gasteiger partial charge in [0.05, 0.1) is 24.3 Å². The van der Waals surface area contributed by atoms with E-state index in [1.807, 2.05) is 0 Å². The van der Waals surface area contributed by atoms with E-state index in [0.29, 0.717) is 6.54 Å². The molecule has 2 aromatic rings. The van der Waals surface area contributed by atoms with Crippen LogP contribution >= 0.6 is 0 Å². The van der Waals surface area contributed by atoms with Crippen molar-refractivity contribution >= 4 is 11.7 Å². The normalized spacial score (nSPS) is 16.9. The maximum absolute atomic E-state index is 13.8. The van der Waals surface area contributed by atoms with Gasteiger partial charge in [-0.25, -0.2) is 9.37 Å². The zero-order chi connectivity index (χ0) is 19.4. The van der Waals surface area contributed by atoms with E-state index >= 15 is 0 Å². The Bertz CT molecular complexity index is 859. The fourth-order valence-corrected chi connectivity index (χ4v) is 2.78. The number of pyridine rings is 1. The monoisotopic (exact) mass is 376 g/mol. The molecule has 1 aliphatic heterocycles. The molecule has 1 aromatic heterocycles. The van der Waals surface area contributed by atoms with Crippen molar-refractivity contribution in [3.05, 3.63) is 59.4 Å². The summed E-state index contributed by atoms with van der Waals surface area (Å²) < 4.78 is 38.6. The Morgan fingerprint density at radius 1 is 1.30 bits per heavy atom. The summed E-state index contributed by atoms with van der Waals surface area (Å²) in [7, 11) is 0. The minimum atomic E-state index is -0.817. The zero-order valence-corrected chi connectivity index (χ0v) is 14.7. The van der Waals surface area contributed by atoms with Crippen LogP contribution in [0.1, 0.15) is 27.6 Å². The summed E-state index contributed by atoms with van der Waals surface area (Å²) in [5.41, 5.74) is -0.104. The van der Waals surface area contributed by atoms with Crippen molar-refractivity contribution in [2.24, 2.45) is 0 Å². The maximum atomic E-state index is 13.8. The first-order chi connectivity index (χ1) is 13.0. The molecule has 1 aromatic carbocycles. The Hall–Kier alpha value is -2.87. The highest BCUT2D eigenvalue weighted by Gasteiger charge is 2.27. The number of hydrogen-bond acceptors (Lipinski definition) is 5. The Labute approximate surface area is 154 Å². The van der Waals surface area contributed by atoms with E-state index < -0.39 is 23.8 Å². The molecule has 0 N–H and O–H groups in total. The van der Waals surface area contributed by atoms with Crippen LogP contribution in [0.2, 0.25) is 0 Å². The molecule has 8 heteroatoms. The summed E-state index contributed by atoms with van der Waals surface area (Å²) in [6, 6.07) is 6.86. The minimum absolute atomic E-state index is 0.00784. The van der Waals surface area contributed by atoms with Crippen LogP contribution in [0.4, 0.5) is 8.78 Å². The van der Waals surface area contributed by atoms with E-state index in [2.05, 4.69) is 4.98 Å². The van der Waals surface area contributed by atoms with Gasteiger partial charge >= 0.3 is 0 Å². The van der Waals surface area contributed by atoms with Gasteiger partial charge in [0.2, 0.25) is 5.95 Å². The van der Waals surface area contributed by atoms with Crippen molar-refractivity contribution in [3.63, 3.8) is 0 Å². The Kier molecular flexibility index (Phi) is 5.75. The molecule has 1 atom stereocenters. The van der Waals surface area contributed by atoms with E-state index in [4.69, 9.17) is 9.47 Å². The number of amides is 1. The largest absolute Gasteiger partial charge is 0.491 e. The zero-order valence-electron chi connectivity index (χ0n) is 14.7. The van der Waals surface area contributed by atoms with E-state index in [1.54, 1.807) is 0 Å². The van der Waals surface area contributed by atoms with Crippen LogP contribution in [0.3, 0.4) is 0 Å². The van der Waals surface area contributed by atoms with Crippen LogP contribution in [-0.2, 0) is 4.74 Å². The molecule has 2 heterocycles. The molecule has 0 aliphatic carbocycles. The van der Waals surface area contributed by atoms with E-state index in [-0.39, 0.29) is 42.4 Å². The average Bonchev–Trinajstić information content (AvgIpc) is 2.66. The highest BCUT2D eigenvalue weighted by atomic mass is 19.1. The van der Waals surface area contributed by atoms with Gasteiger partial charge in [0.1, 0.15) is 24.3 Å². The second-order valence-corrected chi connectivity index (χ2v) is 6.09. The average molecular weight is 376 g/mol. The topological polar surface area (TPSA) is 68.7 Å². The third-order valence-electron chi connectivity index (χ3n) is 4.17. The van der Waals surface area contributed by atoms with E-state index in [0.717, 1.165) is 6.07 Å². The quantitative estimate of drug-likeness (QED) is 0.592. The van der Waals surface area contributed by atoms with E-state index in [1.165, 1.54) is 42.3 Å². The van der Waals surface area contributed by atoms with Crippen LogP contribution in [0.5, 0.6) is 5.75 Å². The van der Waals surface area contributed by atoms with Gasteiger partial charge in [0, 0.05) is 18.8 Å².